The van der Waals surface area contributed by atoms with Crippen LogP contribution in [0.5, 0.6) is 0 Å². The van der Waals surface area contributed by atoms with E-state index in [0.717, 1.165) is 10.0 Å². The highest BCUT2D eigenvalue weighted by Gasteiger charge is 2.21. The Hall–Kier alpha value is -11.0. The van der Waals surface area contributed by atoms with Crippen molar-refractivity contribution in [2.45, 2.75) is 26.2 Å². The maximum Gasteiger partial charge on any atom is 0.210 e. The van der Waals surface area contributed by atoms with Crippen molar-refractivity contribution in [1.29, 1.82) is 0 Å². The highest BCUT2D eigenvalue weighted by molar-refractivity contribution is 9.10. The molecular formula is C63H45BrF4N20OS3. The third-order valence-electron chi connectivity index (χ3n) is 13.1. The Kier molecular flexibility index (Phi) is 19.4. The number of rotatable bonds is 15. The van der Waals surface area contributed by atoms with Crippen LogP contribution in [0.25, 0.3) is 78.6 Å². The SMILES string of the molecule is Fc1ccccc1Cn1nc(-c2ccccn2)nc1Br.Fc1ccccc1Cn1nc(-c2cocn2)nc1-c1ccccn1.Fc1ccccc1Cn1nc(-c2nccs2)nc1-c1nccs1.Nc1cccc(-c2nc(-c3nccs3)n(Cc3ccccc3F)n2)n1. The van der Waals surface area contributed by atoms with Crippen LogP contribution < -0.4 is 5.73 Å². The van der Waals surface area contributed by atoms with Gasteiger partial charge in [0.05, 0.1) is 26.2 Å². The number of aromatic nitrogens is 19. The average molecular weight is 1350 g/mol. The normalized spacial score (nSPS) is 10.9. The zero-order valence-electron chi connectivity index (χ0n) is 47.6. The molecule has 0 bridgehead atoms. The fraction of sp³-hybridized carbons (Fsp3) is 0.0635. The molecule has 29 heteroatoms. The zero-order chi connectivity index (χ0) is 63.2. The quantitative estimate of drug-likeness (QED) is 0.0936. The summed E-state index contributed by atoms with van der Waals surface area (Å²) in [5.41, 5.74) is 10.3. The summed E-state index contributed by atoms with van der Waals surface area (Å²) in [5.74, 6) is 2.89. The van der Waals surface area contributed by atoms with Crippen LogP contribution >= 0.6 is 49.9 Å². The van der Waals surface area contributed by atoms with E-state index in [1.165, 1.54) is 70.9 Å². The molecule has 15 rings (SSSR count). The van der Waals surface area contributed by atoms with Crippen LogP contribution in [0.2, 0.25) is 0 Å². The molecule has 4 aromatic carbocycles. The summed E-state index contributed by atoms with van der Waals surface area (Å²) in [4.78, 5) is 47.5. The van der Waals surface area contributed by atoms with Crippen LogP contribution in [-0.4, -0.2) is 93.9 Å². The molecule has 0 aliphatic rings. The minimum Gasteiger partial charge on any atom is -0.451 e. The predicted molar refractivity (Wildman–Crippen MR) is 343 cm³/mol. The topological polar surface area (TPSA) is 252 Å². The van der Waals surface area contributed by atoms with Gasteiger partial charge in [0.1, 0.15) is 58.1 Å². The first-order chi connectivity index (χ1) is 45.1. The first kappa shape index (κ1) is 61.2. The smallest absolute Gasteiger partial charge is 0.210 e. The van der Waals surface area contributed by atoms with Crippen LogP contribution in [0.3, 0.4) is 0 Å². The van der Waals surface area contributed by atoms with Crippen molar-refractivity contribution >= 4 is 55.8 Å². The van der Waals surface area contributed by atoms with Gasteiger partial charge in [-0.1, -0.05) is 91.0 Å². The van der Waals surface area contributed by atoms with E-state index in [9.17, 15) is 17.6 Å². The lowest BCUT2D eigenvalue weighted by Crippen LogP contribution is -2.06. The number of thiazole rings is 3. The van der Waals surface area contributed by atoms with Gasteiger partial charge in [0.15, 0.2) is 43.6 Å². The van der Waals surface area contributed by atoms with Crippen LogP contribution in [0, 0.1) is 23.3 Å². The van der Waals surface area contributed by atoms with E-state index in [4.69, 9.17) is 10.2 Å². The third kappa shape index (κ3) is 15.0. The molecule has 0 fully saturated rings. The lowest BCUT2D eigenvalue weighted by atomic mass is 10.2. The largest absolute Gasteiger partial charge is 0.451 e. The van der Waals surface area contributed by atoms with Crippen molar-refractivity contribution in [3.05, 3.63) is 262 Å². The molecule has 11 aromatic heterocycles. The molecular weight excluding hydrogens is 1300 g/mol. The Morgan fingerprint density at radius 2 is 0.783 bits per heavy atom. The number of oxazole rings is 1. The van der Waals surface area contributed by atoms with Crippen LogP contribution in [0.15, 0.2) is 221 Å². The summed E-state index contributed by atoms with van der Waals surface area (Å²) in [6.07, 6.45) is 11.2. The fourth-order valence-corrected chi connectivity index (χ4v) is 10.9. The molecule has 0 saturated heterocycles. The number of hydrogen-bond acceptors (Lipinski definition) is 20. The molecule has 0 atom stereocenters. The minimum absolute atomic E-state index is 0.240. The summed E-state index contributed by atoms with van der Waals surface area (Å²) >= 11 is 7.71. The zero-order valence-corrected chi connectivity index (χ0v) is 51.7. The number of nitrogens with two attached hydrogens (primary N) is 1. The van der Waals surface area contributed by atoms with E-state index in [1.54, 1.807) is 141 Å². The van der Waals surface area contributed by atoms with Crippen molar-refractivity contribution in [1.82, 2.24) is 93.9 Å². The summed E-state index contributed by atoms with van der Waals surface area (Å²) in [7, 11) is 0. The molecule has 92 heavy (non-hydrogen) atoms. The maximum atomic E-state index is 14.0. The molecule has 11 heterocycles. The number of hydrogen-bond donors (Lipinski definition) is 1. The fourth-order valence-electron chi connectivity index (χ4n) is 8.75. The second kappa shape index (κ2) is 29.1. The molecule has 2 N–H and O–H groups in total. The molecule has 0 spiro atoms. The van der Waals surface area contributed by atoms with Crippen LogP contribution in [0.4, 0.5) is 23.4 Å². The third-order valence-corrected chi connectivity index (χ3v) is 16.0. The summed E-state index contributed by atoms with van der Waals surface area (Å²) < 4.78 is 67.7. The number of nitrogen functional groups attached to an aromatic ring is 1. The van der Waals surface area contributed by atoms with Gasteiger partial charge in [-0.25, -0.2) is 76.2 Å². The molecule has 0 aliphatic carbocycles. The molecule has 21 nitrogen and oxygen atoms in total. The Labute approximate surface area is 540 Å². The van der Waals surface area contributed by atoms with Crippen molar-refractivity contribution in [2.75, 3.05) is 5.73 Å². The van der Waals surface area contributed by atoms with E-state index in [2.05, 4.69) is 91.1 Å². The van der Waals surface area contributed by atoms with Gasteiger partial charge in [0, 0.05) is 69.4 Å². The van der Waals surface area contributed by atoms with Gasteiger partial charge < -0.3 is 10.2 Å². The Morgan fingerprint density at radius 1 is 0.370 bits per heavy atom. The highest BCUT2D eigenvalue weighted by atomic mass is 79.9. The molecule has 15 aromatic rings. The Morgan fingerprint density at radius 3 is 1.25 bits per heavy atom. The van der Waals surface area contributed by atoms with Crippen molar-refractivity contribution in [2.24, 2.45) is 0 Å². The van der Waals surface area contributed by atoms with Crippen LogP contribution in [-0.2, 0) is 26.2 Å². The summed E-state index contributed by atoms with van der Waals surface area (Å²) in [5, 5.41) is 25.6. The van der Waals surface area contributed by atoms with Gasteiger partial charge in [-0.05, 0) is 76.6 Å². The number of halogens is 5. The van der Waals surface area contributed by atoms with Crippen molar-refractivity contribution in [3.8, 4) is 78.6 Å². The molecule has 0 saturated carbocycles. The Bertz CT molecular complexity index is 4820. The van der Waals surface area contributed by atoms with Crippen molar-refractivity contribution < 1.29 is 22.0 Å². The van der Waals surface area contributed by atoms with Gasteiger partial charge in [-0.15, -0.1) is 54.4 Å². The average Bonchev–Trinajstić information content (AvgIpc) is 1.89. The van der Waals surface area contributed by atoms with E-state index < -0.39 is 0 Å². The van der Waals surface area contributed by atoms with E-state index in [1.807, 2.05) is 52.5 Å². The van der Waals surface area contributed by atoms with Gasteiger partial charge in [-0.2, -0.15) is 4.98 Å². The number of nitrogens with zero attached hydrogens (tertiary/aromatic N) is 19. The molecule has 0 radical (unpaired) electrons. The van der Waals surface area contributed by atoms with Crippen LogP contribution in [0.1, 0.15) is 22.3 Å². The standard InChI is InChI=1S/C17H13FN6S.C17H12FN5O.C15H10FN5S2.C14H10BrFN4/c18-12-5-2-1-4-11(12)10-24-16(17-20-8-9-25-17)22-15(23-24)13-6-3-7-14(19)21-13;18-13-6-2-1-5-12(13)9-23-17(14-7-3-4-8-19-14)21-16(22-23)15-10-24-11-20-15;16-11-4-2-1-3-10(11)9-21-13(15-18-6-8-23-15)19-12(20-21)14-17-5-7-22-14;15-14-18-13(12-7-3-4-8-17-12)19-20(14)9-10-5-1-2-6-11(10)16/h1-9H,10H2,(H2,19,21);1-8,10-11H,9H2;1-8H,9H2;1-8H,9H2. The predicted octanol–water partition coefficient (Wildman–Crippen LogP) is 13.4. The molecule has 0 aliphatic heterocycles. The number of benzene rings is 4. The Balaban J connectivity index is 0.000000119. The monoisotopic (exact) mass is 1350 g/mol. The van der Waals surface area contributed by atoms with Crippen molar-refractivity contribution in [3.63, 3.8) is 0 Å². The first-order valence-electron chi connectivity index (χ1n) is 27.6. The second-order valence-electron chi connectivity index (χ2n) is 19.2. The minimum atomic E-state index is -0.289. The maximum absolute atomic E-state index is 14.0. The summed E-state index contributed by atoms with van der Waals surface area (Å²) in [6.45, 7) is 1.09. The first-order valence-corrected chi connectivity index (χ1v) is 31.0. The highest BCUT2D eigenvalue weighted by Crippen LogP contribution is 2.29. The molecule has 456 valence electrons. The molecule has 0 unspecified atom stereocenters. The van der Waals surface area contributed by atoms with Gasteiger partial charge in [0.25, 0.3) is 0 Å². The second-order valence-corrected chi connectivity index (χ2v) is 22.6. The molecule has 0 amide bonds. The lowest BCUT2D eigenvalue weighted by Gasteiger charge is -2.06. The van der Waals surface area contributed by atoms with E-state index in [-0.39, 0.29) is 36.4 Å². The summed E-state index contributed by atoms with van der Waals surface area (Å²) in [6, 6.07) is 42.7. The van der Waals surface area contributed by atoms with E-state index >= 15 is 0 Å². The van der Waals surface area contributed by atoms with Gasteiger partial charge in [0.2, 0.25) is 23.3 Å². The number of pyridine rings is 3. The lowest BCUT2D eigenvalue weighted by molar-refractivity contribution is 0.558. The number of anilines is 1. The van der Waals surface area contributed by atoms with Gasteiger partial charge >= 0.3 is 0 Å². The van der Waals surface area contributed by atoms with Gasteiger partial charge in [-0.3, -0.25) is 9.97 Å². The van der Waals surface area contributed by atoms with E-state index in [0.29, 0.717) is 114 Å².